The Hall–Kier alpha value is -4.15. The summed E-state index contributed by atoms with van der Waals surface area (Å²) in [5.41, 5.74) is 7.79. The molecule has 0 aliphatic heterocycles. The van der Waals surface area contributed by atoms with Crippen LogP contribution < -0.4 is 0 Å². The van der Waals surface area contributed by atoms with E-state index < -0.39 is 0 Å². The molecule has 5 aromatic carbocycles. The van der Waals surface area contributed by atoms with Crippen LogP contribution in [0.1, 0.15) is 5.56 Å². The first-order valence-electron chi connectivity index (χ1n) is 10.0. The second-order valence-corrected chi connectivity index (χ2v) is 7.38. The molecule has 0 saturated carbocycles. The van der Waals surface area contributed by atoms with Gasteiger partial charge in [-0.15, -0.1) is 0 Å². The van der Waals surface area contributed by atoms with Gasteiger partial charge in [0, 0.05) is 0 Å². The zero-order chi connectivity index (χ0) is 20.3. The molecule has 0 heterocycles. The highest BCUT2D eigenvalue weighted by Crippen LogP contribution is 2.35. The van der Waals surface area contributed by atoms with Crippen LogP contribution in [0.2, 0.25) is 0 Å². The Balaban J connectivity index is 1.62. The lowest BCUT2D eigenvalue weighted by Gasteiger charge is -2.12. The smallest absolute Gasteiger partial charge is 0.0991 e. The van der Waals surface area contributed by atoms with Crippen molar-refractivity contribution >= 4 is 10.8 Å². The highest BCUT2D eigenvalue weighted by molar-refractivity contribution is 6.00. The molecule has 1 nitrogen and oxygen atoms in total. The van der Waals surface area contributed by atoms with Gasteiger partial charge in [-0.2, -0.15) is 5.26 Å². The molecule has 0 N–H and O–H groups in total. The first kappa shape index (κ1) is 17.9. The van der Waals surface area contributed by atoms with E-state index in [1.54, 1.807) is 0 Å². The fraction of sp³-hybridized carbons (Fsp3) is 0. The lowest BCUT2D eigenvalue weighted by Crippen LogP contribution is -1.86. The molecule has 5 aromatic rings. The third kappa shape index (κ3) is 3.36. The molecule has 30 heavy (non-hydrogen) atoms. The second kappa shape index (κ2) is 7.70. The summed E-state index contributed by atoms with van der Waals surface area (Å²) < 4.78 is 0. The number of nitriles is 1. The summed E-state index contributed by atoms with van der Waals surface area (Å²) in [6.45, 7) is 0. The van der Waals surface area contributed by atoms with Gasteiger partial charge in [0.25, 0.3) is 0 Å². The third-order valence-electron chi connectivity index (χ3n) is 5.51. The zero-order valence-corrected chi connectivity index (χ0v) is 16.4. The van der Waals surface area contributed by atoms with Gasteiger partial charge in [-0.05, 0) is 68.4 Å². The molecule has 0 amide bonds. The van der Waals surface area contributed by atoms with E-state index in [2.05, 4.69) is 91.0 Å². The van der Waals surface area contributed by atoms with Gasteiger partial charge >= 0.3 is 0 Å². The van der Waals surface area contributed by atoms with E-state index in [4.69, 9.17) is 5.26 Å². The van der Waals surface area contributed by atoms with Gasteiger partial charge in [-0.3, -0.25) is 0 Å². The molecule has 0 atom stereocenters. The molecule has 0 bridgehead atoms. The molecular weight excluding hydrogens is 362 g/mol. The second-order valence-electron chi connectivity index (χ2n) is 7.38. The summed E-state index contributed by atoms with van der Waals surface area (Å²) >= 11 is 0. The summed E-state index contributed by atoms with van der Waals surface area (Å²) in [6.07, 6.45) is 0. The van der Waals surface area contributed by atoms with E-state index >= 15 is 0 Å². The number of nitrogens with zero attached hydrogens (tertiary/aromatic N) is 1. The van der Waals surface area contributed by atoms with E-state index in [9.17, 15) is 0 Å². The molecule has 0 aliphatic rings. The predicted molar refractivity (Wildman–Crippen MR) is 125 cm³/mol. The van der Waals surface area contributed by atoms with Crippen molar-refractivity contribution in [3.8, 4) is 39.4 Å². The Morgan fingerprint density at radius 1 is 0.467 bits per heavy atom. The minimum atomic E-state index is 0.677. The summed E-state index contributed by atoms with van der Waals surface area (Å²) in [7, 11) is 0. The van der Waals surface area contributed by atoms with Crippen LogP contribution in [0, 0.1) is 11.3 Å². The summed E-state index contributed by atoms with van der Waals surface area (Å²) in [5.74, 6) is 0. The van der Waals surface area contributed by atoms with Gasteiger partial charge < -0.3 is 0 Å². The number of benzene rings is 5. The van der Waals surface area contributed by atoms with E-state index in [-0.39, 0.29) is 0 Å². The van der Waals surface area contributed by atoms with Crippen LogP contribution in [0.4, 0.5) is 0 Å². The van der Waals surface area contributed by atoms with Gasteiger partial charge in [-0.25, -0.2) is 0 Å². The van der Waals surface area contributed by atoms with Gasteiger partial charge in [0.2, 0.25) is 0 Å². The number of rotatable bonds is 3. The van der Waals surface area contributed by atoms with Crippen LogP contribution in [-0.4, -0.2) is 0 Å². The van der Waals surface area contributed by atoms with Crippen LogP contribution in [0.3, 0.4) is 0 Å². The molecule has 0 unspecified atom stereocenters. The zero-order valence-electron chi connectivity index (χ0n) is 16.4. The topological polar surface area (TPSA) is 23.8 Å². The Morgan fingerprint density at radius 2 is 1.03 bits per heavy atom. The van der Waals surface area contributed by atoms with E-state index in [1.165, 1.54) is 38.6 Å². The van der Waals surface area contributed by atoms with Gasteiger partial charge in [0.05, 0.1) is 11.6 Å². The lowest BCUT2D eigenvalue weighted by atomic mass is 9.92. The fourth-order valence-corrected chi connectivity index (χ4v) is 3.93. The maximum absolute atomic E-state index is 9.12. The van der Waals surface area contributed by atoms with Crippen molar-refractivity contribution in [2.75, 3.05) is 0 Å². The molecule has 0 aliphatic carbocycles. The van der Waals surface area contributed by atoms with Crippen LogP contribution in [0.15, 0.2) is 115 Å². The van der Waals surface area contributed by atoms with Gasteiger partial charge in [0.1, 0.15) is 0 Å². The monoisotopic (exact) mass is 381 g/mol. The van der Waals surface area contributed by atoms with E-state index in [0.29, 0.717) is 5.56 Å². The van der Waals surface area contributed by atoms with Crippen LogP contribution in [-0.2, 0) is 0 Å². The first-order chi connectivity index (χ1) is 14.8. The minimum Gasteiger partial charge on any atom is -0.192 e. The Bertz CT molecular complexity index is 1360. The minimum absolute atomic E-state index is 0.677. The maximum atomic E-state index is 9.12. The van der Waals surface area contributed by atoms with Gasteiger partial charge in [-0.1, -0.05) is 91.0 Å². The largest absolute Gasteiger partial charge is 0.192 e. The van der Waals surface area contributed by atoms with Crippen molar-refractivity contribution in [1.82, 2.24) is 0 Å². The molecule has 5 rings (SSSR count). The quantitative estimate of drug-likeness (QED) is 0.314. The van der Waals surface area contributed by atoms with Crippen LogP contribution in [0.5, 0.6) is 0 Å². The lowest BCUT2D eigenvalue weighted by molar-refractivity contribution is 1.48. The van der Waals surface area contributed by atoms with Crippen LogP contribution >= 0.6 is 0 Å². The van der Waals surface area contributed by atoms with E-state index in [0.717, 1.165) is 5.56 Å². The SMILES string of the molecule is N#Cc1ccc(-c2cc(-c3ccc(-c4ccccc4)cc3)cc3ccccc23)cc1. The van der Waals surface area contributed by atoms with Crippen molar-refractivity contribution in [1.29, 1.82) is 5.26 Å². The highest BCUT2D eigenvalue weighted by atomic mass is 14.2. The normalized spacial score (nSPS) is 10.6. The first-order valence-corrected chi connectivity index (χ1v) is 10.0. The van der Waals surface area contributed by atoms with Crippen molar-refractivity contribution in [2.45, 2.75) is 0 Å². The van der Waals surface area contributed by atoms with Crippen molar-refractivity contribution < 1.29 is 0 Å². The predicted octanol–water partition coefficient (Wildman–Crippen LogP) is 7.71. The summed E-state index contributed by atoms with van der Waals surface area (Å²) in [5, 5.41) is 11.5. The molecule has 1 heteroatoms. The number of hydrogen-bond acceptors (Lipinski definition) is 1. The van der Waals surface area contributed by atoms with E-state index in [1.807, 2.05) is 30.3 Å². The van der Waals surface area contributed by atoms with Crippen molar-refractivity contribution in [3.05, 3.63) is 121 Å². The summed E-state index contributed by atoms with van der Waals surface area (Å²) in [6, 6.07) is 42.2. The Morgan fingerprint density at radius 3 is 1.73 bits per heavy atom. The molecule has 0 fully saturated rings. The molecule has 0 saturated heterocycles. The average molecular weight is 381 g/mol. The third-order valence-corrected chi connectivity index (χ3v) is 5.51. The highest BCUT2D eigenvalue weighted by Gasteiger charge is 2.09. The molecule has 0 spiro atoms. The fourth-order valence-electron chi connectivity index (χ4n) is 3.93. The van der Waals surface area contributed by atoms with Crippen molar-refractivity contribution in [3.63, 3.8) is 0 Å². The van der Waals surface area contributed by atoms with Gasteiger partial charge in [0.15, 0.2) is 0 Å². The summed E-state index contributed by atoms with van der Waals surface area (Å²) in [4.78, 5) is 0. The Labute approximate surface area is 176 Å². The van der Waals surface area contributed by atoms with Crippen molar-refractivity contribution in [2.24, 2.45) is 0 Å². The molecule has 0 radical (unpaired) electrons. The maximum Gasteiger partial charge on any atom is 0.0991 e. The average Bonchev–Trinajstić information content (AvgIpc) is 2.84. The molecule has 0 aromatic heterocycles. The standard InChI is InChI=1S/C29H19N/c30-20-21-10-12-25(13-11-21)29-19-27(18-26-8-4-5-9-28(26)29)24-16-14-23(15-17-24)22-6-2-1-3-7-22/h1-19H. The van der Waals surface area contributed by atoms with Crippen LogP contribution in [0.25, 0.3) is 44.2 Å². The molecular formula is C29H19N. The molecule has 140 valence electrons. The number of hydrogen-bond donors (Lipinski definition) is 0. The number of fused-ring (bicyclic) bond motifs is 1. The Kier molecular flexibility index (Phi) is 4.60.